The monoisotopic (exact) mass is 310 g/mol. The van der Waals surface area contributed by atoms with Crippen LogP contribution in [0.25, 0.3) is 0 Å². The van der Waals surface area contributed by atoms with Crippen LogP contribution >= 0.6 is 15.9 Å². The summed E-state index contributed by atoms with van der Waals surface area (Å²) in [7, 11) is 0. The molecule has 18 heavy (non-hydrogen) atoms. The minimum absolute atomic E-state index is 0.0408. The average Bonchev–Trinajstić information content (AvgIpc) is 2.34. The molecule has 0 atom stereocenters. The van der Waals surface area contributed by atoms with Gasteiger partial charge in [0, 0.05) is 10.5 Å². The molecular weight excluding hydrogens is 303 g/mol. The second-order valence-corrected chi connectivity index (χ2v) is 4.42. The molecule has 0 unspecified atom stereocenters. The normalized spacial score (nSPS) is 10.1. The van der Waals surface area contributed by atoms with E-state index >= 15 is 0 Å². The first-order valence-electron chi connectivity index (χ1n) is 5.02. The predicted octanol–water partition coefficient (Wildman–Crippen LogP) is 2.53. The van der Waals surface area contributed by atoms with Gasteiger partial charge in [-0.05, 0) is 24.3 Å². The number of benzene rings is 1. The van der Waals surface area contributed by atoms with Gasteiger partial charge in [-0.1, -0.05) is 22.0 Å². The predicted molar refractivity (Wildman–Crippen MR) is 69.1 cm³/mol. The quantitative estimate of drug-likeness (QED) is 0.895. The lowest BCUT2D eigenvalue weighted by molar-refractivity contribution is 0.102. The Balaban J connectivity index is 2.26. The van der Waals surface area contributed by atoms with Crippen LogP contribution in [0.4, 0.5) is 10.1 Å². The number of anilines is 1. The van der Waals surface area contributed by atoms with Crippen molar-refractivity contribution in [3.63, 3.8) is 0 Å². The van der Waals surface area contributed by atoms with Gasteiger partial charge in [0.2, 0.25) is 5.56 Å². The van der Waals surface area contributed by atoms with Crippen molar-refractivity contribution in [2.24, 2.45) is 0 Å². The second kappa shape index (κ2) is 5.14. The van der Waals surface area contributed by atoms with E-state index in [1.54, 1.807) is 0 Å². The molecule has 0 saturated heterocycles. The first-order chi connectivity index (χ1) is 8.56. The van der Waals surface area contributed by atoms with Gasteiger partial charge in [-0.15, -0.1) is 0 Å². The van der Waals surface area contributed by atoms with Crippen LogP contribution in [-0.4, -0.2) is 10.9 Å². The number of aromatic amines is 1. The van der Waals surface area contributed by atoms with E-state index in [0.717, 1.165) is 0 Å². The van der Waals surface area contributed by atoms with E-state index in [2.05, 4.69) is 26.2 Å². The summed E-state index contributed by atoms with van der Waals surface area (Å²) in [5.41, 5.74) is -0.279. The van der Waals surface area contributed by atoms with Crippen LogP contribution in [-0.2, 0) is 0 Å². The first-order valence-corrected chi connectivity index (χ1v) is 5.81. The molecule has 0 fully saturated rings. The number of aromatic nitrogens is 1. The first kappa shape index (κ1) is 12.5. The van der Waals surface area contributed by atoms with Gasteiger partial charge in [0.1, 0.15) is 11.5 Å². The zero-order valence-electron chi connectivity index (χ0n) is 9.04. The SMILES string of the molecule is O=C(Nc1cc(Br)ccc1F)c1cccc(=O)[nH]1. The molecule has 92 valence electrons. The van der Waals surface area contributed by atoms with Gasteiger partial charge in [0.15, 0.2) is 0 Å². The van der Waals surface area contributed by atoms with Crippen LogP contribution in [0.15, 0.2) is 45.7 Å². The van der Waals surface area contributed by atoms with Gasteiger partial charge in [-0.3, -0.25) is 9.59 Å². The van der Waals surface area contributed by atoms with E-state index in [4.69, 9.17) is 0 Å². The summed E-state index contributed by atoms with van der Waals surface area (Å²) in [6.45, 7) is 0. The molecule has 1 aromatic carbocycles. The van der Waals surface area contributed by atoms with E-state index in [0.29, 0.717) is 4.47 Å². The maximum absolute atomic E-state index is 13.4. The van der Waals surface area contributed by atoms with Crippen LogP contribution in [0.2, 0.25) is 0 Å². The summed E-state index contributed by atoms with van der Waals surface area (Å²) in [6, 6.07) is 8.37. The van der Waals surface area contributed by atoms with Crippen molar-refractivity contribution in [2.45, 2.75) is 0 Å². The van der Waals surface area contributed by atoms with Crippen molar-refractivity contribution >= 4 is 27.5 Å². The summed E-state index contributed by atoms with van der Waals surface area (Å²) in [5.74, 6) is -1.13. The third-order valence-corrected chi connectivity index (χ3v) is 2.68. The molecule has 2 aromatic rings. The van der Waals surface area contributed by atoms with Crippen LogP contribution in [0.3, 0.4) is 0 Å². The molecule has 1 aromatic heterocycles. The molecule has 1 heterocycles. The summed E-state index contributed by atoms with van der Waals surface area (Å²) >= 11 is 3.18. The molecule has 0 aliphatic heterocycles. The molecule has 0 bridgehead atoms. The van der Waals surface area contributed by atoms with Crippen LogP contribution in [0, 0.1) is 5.82 Å². The zero-order valence-corrected chi connectivity index (χ0v) is 10.6. The number of H-pyrrole nitrogens is 1. The van der Waals surface area contributed by atoms with Crippen LogP contribution in [0.1, 0.15) is 10.5 Å². The van der Waals surface area contributed by atoms with Crippen molar-refractivity contribution < 1.29 is 9.18 Å². The highest BCUT2D eigenvalue weighted by molar-refractivity contribution is 9.10. The number of carbonyl (C=O) groups excluding carboxylic acids is 1. The Hall–Kier alpha value is -1.95. The molecule has 4 nitrogen and oxygen atoms in total. The van der Waals surface area contributed by atoms with Crippen molar-refractivity contribution in [1.82, 2.24) is 4.98 Å². The maximum atomic E-state index is 13.4. The Kier molecular flexibility index (Phi) is 3.57. The van der Waals surface area contributed by atoms with Crippen molar-refractivity contribution in [2.75, 3.05) is 5.32 Å². The molecule has 0 radical (unpaired) electrons. The van der Waals surface area contributed by atoms with Crippen LogP contribution in [0.5, 0.6) is 0 Å². The molecule has 0 spiro atoms. The minimum atomic E-state index is -0.579. The van der Waals surface area contributed by atoms with Gasteiger partial charge in [-0.25, -0.2) is 4.39 Å². The molecule has 6 heteroatoms. The minimum Gasteiger partial charge on any atom is -0.318 e. The molecule has 1 amide bonds. The lowest BCUT2D eigenvalue weighted by atomic mass is 10.3. The molecule has 2 N–H and O–H groups in total. The number of nitrogens with one attached hydrogen (secondary N) is 2. The van der Waals surface area contributed by atoms with Crippen molar-refractivity contribution in [3.05, 3.63) is 62.7 Å². The fourth-order valence-corrected chi connectivity index (χ4v) is 1.72. The highest BCUT2D eigenvalue weighted by Crippen LogP contribution is 2.20. The average molecular weight is 311 g/mol. The smallest absolute Gasteiger partial charge is 0.272 e. The Morgan fingerprint density at radius 3 is 2.78 bits per heavy atom. The largest absolute Gasteiger partial charge is 0.318 e. The Morgan fingerprint density at radius 1 is 1.28 bits per heavy atom. The Bertz CT molecular complexity index is 655. The molecule has 0 saturated carbocycles. The highest BCUT2D eigenvalue weighted by atomic mass is 79.9. The number of carbonyl (C=O) groups is 1. The molecule has 0 aliphatic rings. The van der Waals surface area contributed by atoms with E-state index in [9.17, 15) is 14.0 Å². The number of rotatable bonds is 2. The van der Waals surface area contributed by atoms with E-state index < -0.39 is 17.3 Å². The summed E-state index contributed by atoms with van der Waals surface area (Å²) in [6.07, 6.45) is 0. The number of pyridine rings is 1. The lowest BCUT2D eigenvalue weighted by Gasteiger charge is -2.06. The lowest BCUT2D eigenvalue weighted by Crippen LogP contribution is -2.18. The maximum Gasteiger partial charge on any atom is 0.272 e. The van der Waals surface area contributed by atoms with Gasteiger partial charge in [-0.2, -0.15) is 0 Å². The Labute approximate surface area is 110 Å². The summed E-state index contributed by atoms with van der Waals surface area (Å²) in [5, 5.41) is 2.38. The standard InChI is InChI=1S/C12H8BrFN2O2/c13-7-4-5-8(14)10(6-7)16-12(18)9-2-1-3-11(17)15-9/h1-6H,(H,15,17)(H,16,18). The number of hydrogen-bond acceptors (Lipinski definition) is 2. The second-order valence-electron chi connectivity index (χ2n) is 3.51. The van der Waals surface area contributed by atoms with Gasteiger partial charge in [0.25, 0.3) is 5.91 Å². The third-order valence-electron chi connectivity index (χ3n) is 2.19. The number of halogens is 2. The third kappa shape index (κ3) is 2.84. The fourth-order valence-electron chi connectivity index (χ4n) is 1.36. The van der Waals surface area contributed by atoms with Gasteiger partial charge >= 0.3 is 0 Å². The van der Waals surface area contributed by atoms with Crippen molar-refractivity contribution in [3.8, 4) is 0 Å². The Morgan fingerprint density at radius 2 is 2.06 bits per heavy atom. The fraction of sp³-hybridized carbons (Fsp3) is 0. The van der Waals surface area contributed by atoms with Gasteiger partial charge in [0.05, 0.1) is 5.69 Å². The van der Waals surface area contributed by atoms with E-state index in [1.165, 1.54) is 36.4 Å². The van der Waals surface area contributed by atoms with Crippen LogP contribution < -0.4 is 10.9 Å². The van der Waals surface area contributed by atoms with Crippen molar-refractivity contribution in [1.29, 1.82) is 0 Å². The number of amides is 1. The molecule has 0 aliphatic carbocycles. The highest BCUT2D eigenvalue weighted by Gasteiger charge is 2.10. The van der Waals surface area contributed by atoms with E-state index in [1.807, 2.05) is 0 Å². The topological polar surface area (TPSA) is 62.0 Å². The zero-order chi connectivity index (χ0) is 13.1. The molecular formula is C12H8BrFN2O2. The summed E-state index contributed by atoms with van der Waals surface area (Å²) < 4.78 is 14.1. The van der Waals surface area contributed by atoms with E-state index in [-0.39, 0.29) is 11.4 Å². The number of hydrogen-bond donors (Lipinski definition) is 2. The summed E-state index contributed by atoms with van der Waals surface area (Å²) in [4.78, 5) is 25.2. The van der Waals surface area contributed by atoms with Gasteiger partial charge < -0.3 is 10.3 Å². The molecule has 2 rings (SSSR count).